The van der Waals surface area contributed by atoms with E-state index in [1.54, 1.807) is 0 Å². The first-order valence-electron chi connectivity index (χ1n) is 3.56. The first kappa shape index (κ1) is 7.28. The molecule has 0 radical (unpaired) electrons. The van der Waals surface area contributed by atoms with Gasteiger partial charge in [-0.05, 0) is 19.3 Å². The Balaban J connectivity index is 2.43. The number of aryl methyl sites for hydroxylation is 1. The molecule has 1 aliphatic carbocycles. The molecule has 0 saturated carbocycles. The highest BCUT2D eigenvalue weighted by Crippen LogP contribution is 2.33. The van der Waals surface area contributed by atoms with Crippen molar-refractivity contribution < 1.29 is 8.81 Å². The SMILES string of the molecule is FC1CCCc2nc(Br)oc21. The van der Waals surface area contributed by atoms with Crippen molar-refractivity contribution in [3.63, 3.8) is 0 Å². The molecule has 2 rings (SSSR count). The lowest BCUT2D eigenvalue weighted by Crippen LogP contribution is -2.03. The largest absolute Gasteiger partial charge is 0.433 e. The second-order valence-corrected chi connectivity index (χ2v) is 3.32. The molecule has 0 fully saturated rings. The monoisotopic (exact) mass is 219 g/mol. The van der Waals surface area contributed by atoms with Gasteiger partial charge in [0.2, 0.25) is 0 Å². The van der Waals surface area contributed by atoms with Gasteiger partial charge in [-0.3, -0.25) is 0 Å². The van der Waals surface area contributed by atoms with Gasteiger partial charge in [0.25, 0.3) is 4.80 Å². The Bertz CT molecular complexity index is 273. The number of alkyl halides is 1. The number of halogens is 2. The molecule has 0 spiro atoms. The molecule has 1 atom stereocenters. The molecule has 1 heterocycles. The van der Waals surface area contributed by atoms with Gasteiger partial charge in [0, 0.05) is 15.9 Å². The Labute approximate surface area is 71.9 Å². The van der Waals surface area contributed by atoms with Crippen LogP contribution in [0.2, 0.25) is 0 Å². The number of hydrogen-bond donors (Lipinski definition) is 0. The van der Waals surface area contributed by atoms with Crippen molar-refractivity contribution in [2.24, 2.45) is 0 Å². The van der Waals surface area contributed by atoms with Gasteiger partial charge in [0.05, 0.1) is 5.69 Å². The molecule has 60 valence electrons. The van der Waals surface area contributed by atoms with E-state index >= 15 is 0 Å². The maximum absolute atomic E-state index is 13.0. The third kappa shape index (κ3) is 1.20. The summed E-state index contributed by atoms with van der Waals surface area (Å²) in [6.07, 6.45) is 1.32. The number of fused-ring (bicyclic) bond motifs is 1. The quantitative estimate of drug-likeness (QED) is 0.671. The fourth-order valence-corrected chi connectivity index (χ4v) is 1.73. The zero-order valence-electron chi connectivity index (χ0n) is 5.81. The van der Waals surface area contributed by atoms with Gasteiger partial charge in [0.15, 0.2) is 11.9 Å². The molecule has 0 saturated heterocycles. The van der Waals surface area contributed by atoms with Crippen LogP contribution in [-0.4, -0.2) is 4.98 Å². The molecule has 4 heteroatoms. The third-order valence-electron chi connectivity index (χ3n) is 1.86. The molecule has 0 amide bonds. The van der Waals surface area contributed by atoms with Gasteiger partial charge >= 0.3 is 0 Å². The van der Waals surface area contributed by atoms with Crippen molar-refractivity contribution >= 4 is 15.9 Å². The highest BCUT2D eigenvalue weighted by atomic mass is 79.9. The second kappa shape index (κ2) is 2.59. The Morgan fingerprint density at radius 1 is 1.64 bits per heavy atom. The van der Waals surface area contributed by atoms with E-state index in [1.807, 2.05) is 0 Å². The summed E-state index contributed by atoms with van der Waals surface area (Å²) < 4.78 is 18.1. The lowest BCUT2D eigenvalue weighted by atomic mass is 10.0. The maximum Gasteiger partial charge on any atom is 0.264 e. The fraction of sp³-hybridized carbons (Fsp3) is 0.571. The van der Waals surface area contributed by atoms with Crippen LogP contribution < -0.4 is 0 Å². The average molecular weight is 220 g/mol. The fourth-order valence-electron chi connectivity index (χ4n) is 1.34. The second-order valence-electron chi connectivity index (χ2n) is 2.64. The first-order valence-corrected chi connectivity index (χ1v) is 4.36. The summed E-state index contributed by atoms with van der Waals surface area (Å²) in [7, 11) is 0. The third-order valence-corrected chi connectivity index (χ3v) is 2.20. The van der Waals surface area contributed by atoms with Crippen molar-refractivity contribution in [2.45, 2.75) is 25.4 Å². The van der Waals surface area contributed by atoms with E-state index in [0.29, 0.717) is 17.0 Å². The van der Waals surface area contributed by atoms with E-state index in [2.05, 4.69) is 20.9 Å². The Morgan fingerprint density at radius 3 is 3.18 bits per heavy atom. The predicted octanol–water partition coefficient (Wildman–Crippen LogP) is 2.78. The highest BCUT2D eigenvalue weighted by molar-refractivity contribution is 9.10. The van der Waals surface area contributed by atoms with Crippen molar-refractivity contribution in [2.75, 3.05) is 0 Å². The molecule has 1 unspecified atom stereocenters. The van der Waals surface area contributed by atoms with Crippen LogP contribution in [0.15, 0.2) is 9.22 Å². The zero-order valence-corrected chi connectivity index (χ0v) is 7.40. The molecule has 1 aromatic rings. The van der Waals surface area contributed by atoms with E-state index in [9.17, 15) is 4.39 Å². The van der Waals surface area contributed by atoms with Crippen LogP contribution >= 0.6 is 15.9 Å². The van der Waals surface area contributed by atoms with Crippen molar-refractivity contribution in [1.29, 1.82) is 0 Å². The molecule has 0 aromatic carbocycles. The highest BCUT2D eigenvalue weighted by Gasteiger charge is 2.25. The molecular formula is C7H7BrFNO. The molecule has 1 aliphatic rings. The molecule has 0 N–H and O–H groups in total. The number of nitrogens with zero attached hydrogens (tertiary/aromatic N) is 1. The lowest BCUT2D eigenvalue weighted by Gasteiger charge is -2.11. The van der Waals surface area contributed by atoms with Gasteiger partial charge in [-0.2, -0.15) is 0 Å². The Kier molecular flexibility index (Phi) is 1.71. The summed E-state index contributed by atoms with van der Waals surface area (Å²) in [5, 5.41) is 0. The summed E-state index contributed by atoms with van der Waals surface area (Å²) in [6, 6.07) is 0. The molecular weight excluding hydrogens is 213 g/mol. The normalized spacial score (nSPS) is 23.3. The summed E-state index contributed by atoms with van der Waals surface area (Å²) >= 11 is 3.08. The van der Waals surface area contributed by atoms with Gasteiger partial charge in [-0.15, -0.1) is 0 Å². The van der Waals surface area contributed by atoms with Gasteiger partial charge in [-0.25, -0.2) is 9.37 Å². The van der Waals surface area contributed by atoms with Crippen LogP contribution in [0, 0.1) is 0 Å². The summed E-state index contributed by atoms with van der Waals surface area (Å²) in [5.74, 6) is 0.420. The van der Waals surface area contributed by atoms with Crippen molar-refractivity contribution in [3.8, 4) is 0 Å². The van der Waals surface area contributed by atoms with Gasteiger partial charge in [0.1, 0.15) is 0 Å². The average Bonchev–Trinajstić information content (AvgIpc) is 2.31. The van der Waals surface area contributed by atoms with E-state index in [1.165, 1.54) is 0 Å². The van der Waals surface area contributed by atoms with Crippen LogP contribution in [0.3, 0.4) is 0 Å². The molecule has 0 bridgehead atoms. The number of oxazole rings is 1. The van der Waals surface area contributed by atoms with Gasteiger partial charge in [-0.1, -0.05) is 0 Å². The van der Waals surface area contributed by atoms with Crippen LogP contribution in [0.1, 0.15) is 30.5 Å². The van der Waals surface area contributed by atoms with Crippen LogP contribution in [0.25, 0.3) is 0 Å². The van der Waals surface area contributed by atoms with E-state index < -0.39 is 6.17 Å². The van der Waals surface area contributed by atoms with E-state index in [0.717, 1.165) is 18.5 Å². The van der Waals surface area contributed by atoms with Crippen LogP contribution in [-0.2, 0) is 6.42 Å². The topological polar surface area (TPSA) is 26.0 Å². The minimum absolute atomic E-state index is 0.395. The summed E-state index contributed by atoms with van der Waals surface area (Å²) in [5.41, 5.74) is 0.774. The number of hydrogen-bond acceptors (Lipinski definition) is 2. The smallest absolute Gasteiger partial charge is 0.264 e. The minimum Gasteiger partial charge on any atom is -0.433 e. The predicted molar refractivity (Wildman–Crippen MR) is 41.0 cm³/mol. The first-order chi connectivity index (χ1) is 5.27. The Morgan fingerprint density at radius 2 is 2.45 bits per heavy atom. The van der Waals surface area contributed by atoms with Crippen molar-refractivity contribution in [1.82, 2.24) is 4.98 Å². The molecule has 11 heavy (non-hydrogen) atoms. The van der Waals surface area contributed by atoms with Crippen molar-refractivity contribution in [3.05, 3.63) is 16.3 Å². The minimum atomic E-state index is -0.947. The number of aromatic nitrogens is 1. The number of rotatable bonds is 0. The standard InChI is InChI=1S/C7H7BrFNO/c8-7-10-5-3-1-2-4(9)6(5)11-7/h4H,1-3H2. The van der Waals surface area contributed by atoms with Crippen LogP contribution in [0.5, 0.6) is 0 Å². The zero-order chi connectivity index (χ0) is 7.84. The van der Waals surface area contributed by atoms with Gasteiger partial charge < -0.3 is 4.42 Å². The molecule has 1 aromatic heterocycles. The summed E-state index contributed by atoms with van der Waals surface area (Å²) in [4.78, 5) is 4.41. The Hall–Kier alpha value is -0.380. The molecule has 2 nitrogen and oxygen atoms in total. The van der Waals surface area contributed by atoms with E-state index in [-0.39, 0.29) is 0 Å². The summed E-state index contributed by atoms with van der Waals surface area (Å²) in [6.45, 7) is 0. The maximum atomic E-state index is 13.0. The van der Waals surface area contributed by atoms with Crippen LogP contribution in [0.4, 0.5) is 4.39 Å². The van der Waals surface area contributed by atoms with E-state index in [4.69, 9.17) is 4.42 Å². The molecule has 0 aliphatic heterocycles. The lowest BCUT2D eigenvalue weighted by molar-refractivity contribution is 0.249.